The number of aryl methyl sites for hydroxylation is 1. The standard InChI is InChI=1S/C20H17Cl2F3N2/c21-14-6-13(7-15(22)8-14)19(20(23,24)25)9-18(27-10-19)12-1-3-16-11(5-12)2-4-17(16)26/h1,3,5-8,17H,2,4,9-10,26H2. The van der Waals surface area contributed by atoms with Crippen molar-refractivity contribution >= 4 is 28.9 Å². The Morgan fingerprint density at radius 2 is 1.78 bits per heavy atom. The third kappa shape index (κ3) is 3.16. The average molecular weight is 413 g/mol. The summed E-state index contributed by atoms with van der Waals surface area (Å²) >= 11 is 11.9. The lowest BCUT2D eigenvalue weighted by atomic mass is 9.76. The fourth-order valence-corrected chi connectivity index (χ4v) is 4.55. The molecule has 27 heavy (non-hydrogen) atoms. The number of nitrogens with zero attached hydrogens (tertiary/aromatic N) is 1. The van der Waals surface area contributed by atoms with E-state index in [0.717, 1.165) is 29.5 Å². The first-order chi connectivity index (χ1) is 12.7. The molecule has 0 saturated heterocycles. The predicted octanol–water partition coefficient (Wildman–Crippen LogP) is 5.63. The van der Waals surface area contributed by atoms with Crippen LogP contribution in [0.1, 0.15) is 41.1 Å². The highest BCUT2D eigenvalue weighted by Gasteiger charge is 2.58. The van der Waals surface area contributed by atoms with Crippen LogP contribution < -0.4 is 5.73 Å². The van der Waals surface area contributed by atoms with Crippen LogP contribution in [0.5, 0.6) is 0 Å². The number of nitrogens with two attached hydrogens (primary N) is 1. The smallest absolute Gasteiger partial charge is 0.324 e. The molecule has 2 atom stereocenters. The largest absolute Gasteiger partial charge is 0.400 e. The van der Waals surface area contributed by atoms with Crippen molar-refractivity contribution in [2.45, 2.75) is 36.9 Å². The van der Waals surface area contributed by atoms with Gasteiger partial charge in [0.1, 0.15) is 5.41 Å². The molecule has 1 heterocycles. The second-order valence-electron chi connectivity index (χ2n) is 7.24. The molecule has 2 aromatic rings. The van der Waals surface area contributed by atoms with E-state index in [2.05, 4.69) is 4.99 Å². The van der Waals surface area contributed by atoms with Crippen LogP contribution in [0.2, 0.25) is 10.0 Å². The molecule has 0 bridgehead atoms. The van der Waals surface area contributed by atoms with Gasteiger partial charge in [0.25, 0.3) is 0 Å². The SMILES string of the molecule is NC1CCc2cc(C3=NCC(c4cc(Cl)cc(Cl)c4)(C(F)(F)F)C3)ccc21. The topological polar surface area (TPSA) is 38.4 Å². The van der Waals surface area contributed by atoms with Crippen LogP contribution in [-0.2, 0) is 11.8 Å². The Hall–Kier alpha value is -1.56. The summed E-state index contributed by atoms with van der Waals surface area (Å²) in [5.74, 6) is 0. The van der Waals surface area contributed by atoms with E-state index in [-0.39, 0.29) is 34.6 Å². The molecule has 0 saturated carbocycles. The summed E-state index contributed by atoms with van der Waals surface area (Å²) in [4.78, 5) is 4.29. The van der Waals surface area contributed by atoms with E-state index in [1.165, 1.54) is 18.2 Å². The zero-order chi connectivity index (χ0) is 19.4. The van der Waals surface area contributed by atoms with Crippen molar-refractivity contribution in [3.63, 3.8) is 0 Å². The number of hydrogen-bond acceptors (Lipinski definition) is 2. The Balaban J connectivity index is 1.72. The van der Waals surface area contributed by atoms with Crippen molar-refractivity contribution in [3.8, 4) is 0 Å². The molecule has 0 radical (unpaired) electrons. The Kier molecular flexibility index (Phi) is 4.53. The summed E-state index contributed by atoms with van der Waals surface area (Å²) in [6.07, 6.45) is -3.02. The normalized spacial score (nSPS) is 24.8. The van der Waals surface area contributed by atoms with Crippen molar-refractivity contribution in [3.05, 3.63) is 68.7 Å². The Morgan fingerprint density at radius 3 is 2.44 bits per heavy atom. The maximum Gasteiger partial charge on any atom is 0.400 e. The van der Waals surface area contributed by atoms with Crippen LogP contribution in [0.4, 0.5) is 13.2 Å². The van der Waals surface area contributed by atoms with Gasteiger partial charge >= 0.3 is 6.18 Å². The van der Waals surface area contributed by atoms with Gasteiger partial charge in [0, 0.05) is 28.2 Å². The van der Waals surface area contributed by atoms with Gasteiger partial charge in [0.2, 0.25) is 0 Å². The molecule has 0 fully saturated rings. The van der Waals surface area contributed by atoms with Crippen molar-refractivity contribution in [2.24, 2.45) is 10.7 Å². The summed E-state index contributed by atoms with van der Waals surface area (Å²) in [6, 6.07) is 9.76. The van der Waals surface area contributed by atoms with Gasteiger partial charge in [-0.1, -0.05) is 35.3 Å². The predicted molar refractivity (Wildman–Crippen MR) is 102 cm³/mol. The number of fused-ring (bicyclic) bond motifs is 1. The molecule has 2 aromatic carbocycles. The fourth-order valence-electron chi connectivity index (χ4n) is 4.03. The monoisotopic (exact) mass is 412 g/mol. The van der Waals surface area contributed by atoms with E-state index < -0.39 is 11.6 Å². The van der Waals surface area contributed by atoms with E-state index in [9.17, 15) is 13.2 Å². The minimum absolute atomic E-state index is 0.00225. The molecule has 2 aliphatic rings. The van der Waals surface area contributed by atoms with Crippen LogP contribution in [0, 0.1) is 0 Å². The van der Waals surface area contributed by atoms with E-state index >= 15 is 0 Å². The highest BCUT2D eigenvalue weighted by Crippen LogP contribution is 2.49. The minimum atomic E-state index is -4.48. The van der Waals surface area contributed by atoms with Gasteiger partial charge in [-0.3, -0.25) is 4.99 Å². The lowest BCUT2D eigenvalue weighted by molar-refractivity contribution is -0.183. The molecule has 1 aliphatic carbocycles. The highest BCUT2D eigenvalue weighted by molar-refractivity contribution is 6.34. The van der Waals surface area contributed by atoms with Gasteiger partial charge in [0.05, 0.1) is 6.54 Å². The third-order valence-corrected chi connectivity index (χ3v) is 6.00. The van der Waals surface area contributed by atoms with Crippen LogP contribution in [0.25, 0.3) is 0 Å². The number of benzene rings is 2. The Morgan fingerprint density at radius 1 is 1.07 bits per heavy atom. The molecular weight excluding hydrogens is 396 g/mol. The molecule has 0 spiro atoms. The summed E-state index contributed by atoms with van der Waals surface area (Å²) < 4.78 is 42.4. The molecular formula is C20H17Cl2F3N2. The van der Waals surface area contributed by atoms with Crippen LogP contribution in [0.15, 0.2) is 41.4 Å². The van der Waals surface area contributed by atoms with Gasteiger partial charge < -0.3 is 5.73 Å². The Labute approximate surface area is 165 Å². The van der Waals surface area contributed by atoms with E-state index in [4.69, 9.17) is 28.9 Å². The summed E-state index contributed by atoms with van der Waals surface area (Å²) in [6.45, 7) is -0.376. The van der Waals surface area contributed by atoms with E-state index in [1.54, 1.807) is 0 Å². The molecule has 142 valence electrons. The maximum absolute atomic E-state index is 14.1. The van der Waals surface area contributed by atoms with Crippen molar-refractivity contribution in [1.82, 2.24) is 0 Å². The first-order valence-corrected chi connectivity index (χ1v) is 9.41. The summed E-state index contributed by atoms with van der Waals surface area (Å²) in [5.41, 5.74) is 7.32. The molecule has 2 nitrogen and oxygen atoms in total. The third-order valence-electron chi connectivity index (χ3n) is 5.57. The molecule has 0 amide bonds. The number of alkyl halides is 3. The van der Waals surface area contributed by atoms with Crippen LogP contribution >= 0.6 is 23.2 Å². The van der Waals surface area contributed by atoms with E-state index in [1.807, 2.05) is 18.2 Å². The molecule has 0 aromatic heterocycles. The molecule has 4 rings (SSSR count). The molecule has 7 heteroatoms. The number of rotatable bonds is 2. The van der Waals surface area contributed by atoms with Gasteiger partial charge in [-0.2, -0.15) is 13.2 Å². The molecule has 2 N–H and O–H groups in total. The van der Waals surface area contributed by atoms with Gasteiger partial charge in [0.15, 0.2) is 0 Å². The number of halogens is 5. The molecule has 2 unspecified atom stereocenters. The summed E-state index contributed by atoms with van der Waals surface area (Å²) in [5, 5.41) is 0.363. The number of hydrogen-bond donors (Lipinski definition) is 1. The lowest BCUT2D eigenvalue weighted by Crippen LogP contribution is -2.43. The van der Waals surface area contributed by atoms with Gasteiger partial charge in [-0.15, -0.1) is 0 Å². The van der Waals surface area contributed by atoms with Gasteiger partial charge in [-0.25, -0.2) is 0 Å². The van der Waals surface area contributed by atoms with Crippen molar-refractivity contribution < 1.29 is 13.2 Å². The zero-order valence-electron chi connectivity index (χ0n) is 14.3. The van der Waals surface area contributed by atoms with Crippen molar-refractivity contribution in [1.29, 1.82) is 0 Å². The maximum atomic E-state index is 14.1. The zero-order valence-corrected chi connectivity index (χ0v) is 15.8. The second kappa shape index (κ2) is 6.50. The Bertz CT molecular complexity index is 919. The number of aliphatic imine (C=N–C) groups is 1. The van der Waals surface area contributed by atoms with Crippen LogP contribution in [-0.4, -0.2) is 18.4 Å². The molecule has 1 aliphatic heterocycles. The van der Waals surface area contributed by atoms with Crippen molar-refractivity contribution in [2.75, 3.05) is 6.54 Å². The quantitative estimate of drug-likeness (QED) is 0.681. The highest BCUT2D eigenvalue weighted by atomic mass is 35.5. The first kappa shape index (κ1) is 18.8. The lowest BCUT2D eigenvalue weighted by Gasteiger charge is -2.31. The average Bonchev–Trinajstić information content (AvgIpc) is 3.19. The fraction of sp³-hybridized carbons (Fsp3) is 0.350. The minimum Gasteiger partial charge on any atom is -0.324 e. The first-order valence-electron chi connectivity index (χ1n) is 8.65. The van der Waals surface area contributed by atoms with E-state index in [0.29, 0.717) is 5.71 Å². The summed E-state index contributed by atoms with van der Waals surface area (Å²) in [7, 11) is 0. The van der Waals surface area contributed by atoms with Crippen LogP contribution in [0.3, 0.4) is 0 Å². The second-order valence-corrected chi connectivity index (χ2v) is 8.11. The van der Waals surface area contributed by atoms with Gasteiger partial charge in [-0.05, 0) is 59.4 Å².